The Morgan fingerprint density at radius 3 is 3.08 bits per heavy atom. The molecule has 0 amide bonds. The van der Waals surface area contributed by atoms with Gasteiger partial charge in [0.15, 0.2) is 0 Å². The van der Waals surface area contributed by atoms with Crippen molar-refractivity contribution in [1.82, 2.24) is 0 Å². The highest BCUT2D eigenvalue weighted by molar-refractivity contribution is 7.10. The summed E-state index contributed by atoms with van der Waals surface area (Å²) < 4.78 is 10.8. The van der Waals surface area contributed by atoms with Crippen LogP contribution in [0.5, 0.6) is 0 Å². The van der Waals surface area contributed by atoms with Gasteiger partial charge in [-0.1, -0.05) is 6.07 Å². The standard InChI is InChI=1S/C9H11ClO2S/c10-9(8-2-1-5-13-8)7-6-11-3-4-12-7/h1-2,5,7,9H,3-4,6H2. The van der Waals surface area contributed by atoms with Crippen LogP contribution in [0.25, 0.3) is 0 Å². The molecule has 1 saturated heterocycles. The summed E-state index contributed by atoms with van der Waals surface area (Å²) in [5, 5.41) is 1.95. The summed E-state index contributed by atoms with van der Waals surface area (Å²) in [4.78, 5) is 1.15. The molecule has 1 fully saturated rings. The molecule has 0 aromatic carbocycles. The fourth-order valence-corrected chi connectivity index (χ4v) is 2.43. The number of alkyl halides is 1. The van der Waals surface area contributed by atoms with Gasteiger partial charge in [-0.25, -0.2) is 0 Å². The van der Waals surface area contributed by atoms with Gasteiger partial charge >= 0.3 is 0 Å². The molecule has 4 heteroatoms. The number of halogens is 1. The van der Waals surface area contributed by atoms with E-state index in [-0.39, 0.29) is 11.5 Å². The van der Waals surface area contributed by atoms with Crippen molar-refractivity contribution < 1.29 is 9.47 Å². The molecule has 2 nitrogen and oxygen atoms in total. The molecular formula is C9H11ClO2S. The van der Waals surface area contributed by atoms with Crippen molar-refractivity contribution in [3.05, 3.63) is 22.4 Å². The molecule has 2 rings (SSSR count). The lowest BCUT2D eigenvalue weighted by Crippen LogP contribution is -2.31. The Morgan fingerprint density at radius 2 is 2.46 bits per heavy atom. The summed E-state index contributed by atoms with van der Waals surface area (Å²) in [7, 11) is 0. The van der Waals surface area contributed by atoms with E-state index in [0.29, 0.717) is 19.8 Å². The predicted molar refractivity (Wildman–Crippen MR) is 53.5 cm³/mol. The van der Waals surface area contributed by atoms with Crippen LogP contribution in [0.3, 0.4) is 0 Å². The molecule has 0 spiro atoms. The van der Waals surface area contributed by atoms with Gasteiger partial charge in [-0.2, -0.15) is 0 Å². The van der Waals surface area contributed by atoms with Gasteiger partial charge in [0.1, 0.15) is 6.10 Å². The van der Waals surface area contributed by atoms with E-state index >= 15 is 0 Å². The van der Waals surface area contributed by atoms with E-state index in [4.69, 9.17) is 21.1 Å². The maximum atomic E-state index is 6.23. The molecule has 2 unspecified atom stereocenters. The van der Waals surface area contributed by atoms with E-state index in [1.165, 1.54) is 0 Å². The average molecular weight is 219 g/mol. The summed E-state index contributed by atoms with van der Waals surface area (Å²) in [6, 6.07) is 4.03. The van der Waals surface area contributed by atoms with E-state index in [1.54, 1.807) is 11.3 Å². The van der Waals surface area contributed by atoms with Gasteiger partial charge in [-0.05, 0) is 11.4 Å². The number of ether oxygens (including phenoxy) is 2. The molecule has 2 atom stereocenters. The quantitative estimate of drug-likeness (QED) is 0.710. The van der Waals surface area contributed by atoms with Gasteiger partial charge in [0.2, 0.25) is 0 Å². The summed E-state index contributed by atoms with van der Waals surface area (Å²) in [6.45, 7) is 1.94. The summed E-state index contributed by atoms with van der Waals surface area (Å²) in [6.07, 6.45) is 0.00840. The SMILES string of the molecule is ClC(c1cccs1)C1COCCO1. The minimum atomic E-state index is -0.0692. The Balaban J connectivity index is 1.99. The third-order valence-corrected chi connectivity index (χ3v) is 3.58. The van der Waals surface area contributed by atoms with Crippen molar-refractivity contribution in [2.24, 2.45) is 0 Å². The first-order chi connectivity index (χ1) is 6.38. The van der Waals surface area contributed by atoms with Gasteiger partial charge in [0, 0.05) is 4.88 Å². The third-order valence-electron chi connectivity index (χ3n) is 1.98. The largest absolute Gasteiger partial charge is 0.376 e. The van der Waals surface area contributed by atoms with E-state index < -0.39 is 0 Å². The van der Waals surface area contributed by atoms with Crippen LogP contribution in [-0.2, 0) is 9.47 Å². The second kappa shape index (κ2) is 4.42. The van der Waals surface area contributed by atoms with Crippen LogP contribution in [0.15, 0.2) is 17.5 Å². The van der Waals surface area contributed by atoms with Crippen molar-refractivity contribution >= 4 is 22.9 Å². The molecule has 1 aromatic rings. The summed E-state index contributed by atoms with van der Waals surface area (Å²) in [5.41, 5.74) is 0. The number of hydrogen-bond donors (Lipinski definition) is 0. The molecule has 0 aliphatic carbocycles. The molecular weight excluding hydrogens is 208 g/mol. The lowest BCUT2D eigenvalue weighted by atomic mass is 10.2. The first-order valence-electron chi connectivity index (χ1n) is 4.25. The minimum Gasteiger partial charge on any atom is -0.376 e. The van der Waals surface area contributed by atoms with E-state index in [1.807, 2.05) is 17.5 Å². The van der Waals surface area contributed by atoms with Crippen molar-refractivity contribution in [2.45, 2.75) is 11.5 Å². The molecule has 13 heavy (non-hydrogen) atoms. The normalized spacial score (nSPS) is 25.8. The van der Waals surface area contributed by atoms with Crippen molar-refractivity contribution in [3.63, 3.8) is 0 Å². The Morgan fingerprint density at radius 1 is 1.54 bits per heavy atom. The van der Waals surface area contributed by atoms with Crippen LogP contribution >= 0.6 is 22.9 Å². The van der Waals surface area contributed by atoms with Crippen molar-refractivity contribution in [1.29, 1.82) is 0 Å². The van der Waals surface area contributed by atoms with E-state index in [9.17, 15) is 0 Å². The van der Waals surface area contributed by atoms with Gasteiger partial charge < -0.3 is 9.47 Å². The van der Waals surface area contributed by atoms with Crippen LogP contribution in [0.1, 0.15) is 10.3 Å². The van der Waals surface area contributed by atoms with Crippen molar-refractivity contribution in [2.75, 3.05) is 19.8 Å². The smallest absolute Gasteiger partial charge is 0.102 e. The fraction of sp³-hybridized carbons (Fsp3) is 0.556. The van der Waals surface area contributed by atoms with Gasteiger partial charge in [0.05, 0.1) is 25.2 Å². The van der Waals surface area contributed by atoms with Crippen molar-refractivity contribution in [3.8, 4) is 0 Å². The first kappa shape index (κ1) is 9.46. The molecule has 1 aromatic heterocycles. The molecule has 2 heterocycles. The van der Waals surface area contributed by atoms with Crippen LogP contribution in [-0.4, -0.2) is 25.9 Å². The lowest BCUT2D eigenvalue weighted by Gasteiger charge is -2.26. The molecule has 72 valence electrons. The first-order valence-corrected chi connectivity index (χ1v) is 5.56. The maximum absolute atomic E-state index is 6.23. The predicted octanol–water partition coefficient (Wildman–Crippen LogP) is 2.44. The maximum Gasteiger partial charge on any atom is 0.102 e. The summed E-state index contributed by atoms with van der Waals surface area (Å²) >= 11 is 7.89. The summed E-state index contributed by atoms with van der Waals surface area (Å²) in [5.74, 6) is 0. The average Bonchev–Trinajstić information content (AvgIpc) is 2.71. The Kier molecular flexibility index (Phi) is 3.22. The number of thiophene rings is 1. The zero-order chi connectivity index (χ0) is 9.10. The van der Waals surface area contributed by atoms with Gasteiger partial charge in [-0.15, -0.1) is 22.9 Å². The molecule has 0 bridgehead atoms. The molecule has 0 radical (unpaired) electrons. The Bertz CT molecular complexity index is 244. The topological polar surface area (TPSA) is 18.5 Å². The molecule has 1 aliphatic rings. The molecule has 1 aliphatic heterocycles. The van der Waals surface area contributed by atoms with E-state index in [0.717, 1.165) is 4.88 Å². The Labute approximate surface area is 86.4 Å². The second-order valence-corrected chi connectivity index (χ2v) is 4.35. The zero-order valence-corrected chi connectivity index (χ0v) is 8.68. The minimum absolute atomic E-state index is 0.00840. The van der Waals surface area contributed by atoms with Crippen LogP contribution < -0.4 is 0 Å². The van der Waals surface area contributed by atoms with Crippen LogP contribution in [0, 0.1) is 0 Å². The fourth-order valence-electron chi connectivity index (χ4n) is 1.31. The van der Waals surface area contributed by atoms with Gasteiger partial charge in [0.25, 0.3) is 0 Å². The molecule has 0 N–H and O–H groups in total. The van der Waals surface area contributed by atoms with Crippen LogP contribution in [0.4, 0.5) is 0 Å². The highest BCUT2D eigenvalue weighted by Crippen LogP contribution is 2.30. The van der Waals surface area contributed by atoms with E-state index in [2.05, 4.69) is 0 Å². The van der Waals surface area contributed by atoms with Crippen LogP contribution in [0.2, 0.25) is 0 Å². The number of rotatable bonds is 2. The van der Waals surface area contributed by atoms with Gasteiger partial charge in [-0.3, -0.25) is 0 Å². The number of hydrogen-bond acceptors (Lipinski definition) is 3. The monoisotopic (exact) mass is 218 g/mol. The Hall–Kier alpha value is -0.0900. The lowest BCUT2D eigenvalue weighted by molar-refractivity contribution is -0.0889. The highest BCUT2D eigenvalue weighted by atomic mass is 35.5. The molecule has 0 saturated carbocycles. The zero-order valence-electron chi connectivity index (χ0n) is 7.11. The highest BCUT2D eigenvalue weighted by Gasteiger charge is 2.25. The second-order valence-electron chi connectivity index (χ2n) is 2.90. The third kappa shape index (κ3) is 2.23.